The number of aliphatic hydroxyl groups is 1. The van der Waals surface area contributed by atoms with Gasteiger partial charge in [0.2, 0.25) is 0 Å². The van der Waals surface area contributed by atoms with Crippen LogP contribution in [0.2, 0.25) is 0 Å². The Morgan fingerprint density at radius 2 is 1.93 bits per heavy atom. The summed E-state index contributed by atoms with van der Waals surface area (Å²) in [7, 11) is 0. The summed E-state index contributed by atoms with van der Waals surface area (Å²) < 4.78 is 10.8. The van der Waals surface area contributed by atoms with Crippen LogP contribution in [0, 0.1) is 0 Å². The molecule has 0 aromatic carbocycles. The van der Waals surface area contributed by atoms with Crippen molar-refractivity contribution in [3.05, 3.63) is 0 Å². The van der Waals surface area contributed by atoms with Crippen LogP contribution in [0.5, 0.6) is 0 Å². The minimum Gasteiger partial charge on any atom is -0.392 e. The summed E-state index contributed by atoms with van der Waals surface area (Å²) >= 11 is 0. The maximum Gasteiger partial charge on any atom is 0.169 e. The van der Waals surface area contributed by atoms with E-state index in [0.29, 0.717) is 19.8 Å². The Morgan fingerprint density at radius 3 is 2.40 bits per heavy atom. The van der Waals surface area contributed by atoms with Gasteiger partial charge < -0.3 is 19.9 Å². The zero-order valence-electron chi connectivity index (χ0n) is 9.74. The zero-order chi connectivity index (χ0) is 11.1. The maximum atomic E-state index is 9.62. The lowest BCUT2D eigenvalue weighted by molar-refractivity contribution is -0.134. The molecule has 0 amide bonds. The van der Waals surface area contributed by atoms with Crippen LogP contribution in [0.4, 0.5) is 0 Å². The van der Waals surface area contributed by atoms with Gasteiger partial charge in [-0.3, -0.25) is 0 Å². The highest BCUT2D eigenvalue weighted by atomic mass is 16.7. The minimum absolute atomic E-state index is 0.187. The number of ether oxygens (including phenoxy) is 2. The van der Waals surface area contributed by atoms with Crippen molar-refractivity contribution >= 4 is 0 Å². The highest BCUT2D eigenvalue weighted by molar-refractivity contribution is 4.82. The summed E-state index contributed by atoms with van der Waals surface area (Å²) in [5, 5.41) is 12.9. The molecule has 0 unspecified atom stereocenters. The van der Waals surface area contributed by atoms with Crippen LogP contribution in [0.25, 0.3) is 0 Å². The predicted molar refractivity (Wildman–Crippen MR) is 58.7 cm³/mol. The molecule has 1 fully saturated rings. The maximum absolute atomic E-state index is 9.62. The Bertz CT molecular complexity index is 160. The first kappa shape index (κ1) is 12.9. The van der Waals surface area contributed by atoms with E-state index in [9.17, 15) is 5.11 Å². The lowest BCUT2D eigenvalue weighted by Gasteiger charge is -2.22. The largest absolute Gasteiger partial charge is 0.392 e. The Kier molecular flexibility index (Phi) is 6.17. The molecule has 2 N–H and O–H groups in total. The van der Waals surface area contributed by atoms with Gasteiger partial charge in [-0.05, 0) is 33.1 Å². The van der Waals surface area contributed by atoms with E-state index in [4.69, 9.17) is 9.47 Å². The van der Waals surface area contributed by atoms with Gasteiger partial charge in [0.05, 0.1) is 6.10 Å². The Hall–Kier alpha value is -0.160. The van der Waals surface area contributed by atoms with Gasteiger partial charge in [-0.2, -0.15) is 0 Å². The van der Waals surface area contributed by atoms with Crippen molar-refractivity contribution in [1.82, 2.24) is 5.32 Å². The van der Waals surface area contributed by atoms with Crippen LogP contribution in [-0.2, 0) is 9.47 Å². The van der Waals surface area contributed by atoms with E-state index in [1.165, 1.54) is 0 Å². The van der Waals surface area contributed by atoms with Crippen LogP contribution < -0.4 is 5.32 Å². The van der Waals surface area contributed by atoms with Crippen LogP contribution in [-0.4, -0.2) is 43.3 Å². The number of rotatable bonds is 7. The van der Waals surface area contributed by atoms with Crippen molar-refractivity contribution < 1.29 is 14.6 Å². The van der Waals surface area contributed by atoms with Crippen LogP contribution >= 0.6 is 0 Å². The Labute approximate surface area is 92.0 Å². The highest BCUT2D eigenvalue weighted by Crippen LogP contribution is 2.18. The first-order valence-electron chi connectivity index (χ1n) is 5.92. The molecule has 15 heavy (non-hydrogen) atoms. The topological polar surface area (TPSA) is 50.7 Å². The van der Waals surface area contributed by atoms with E-state index in [-0.39, 0.29) is 18.4 Å². The summed E-state index contributed by atoms with van der Waals surface area (Å²) in [6.45, 7) is 5.87. The molecule has 0 heterocycles. The third-order valence-corrected chi connectivity index (χ3v) is 2.73. The fraction of sp³-hybridized carbons (Fsp3) is 1.00. The second-order valence-electron chi connectivity index (χ2n) is 3.85. The number of hydrogen-bond acceptors (Lipinski definition) is 4. The van der Waals surface area contributed by atoms with Gasteiger partial charge in [0.15, 0.2) is 6.29 Å². The van der Waals surface area contributed by atoms with Crippen LogP contribution in [0.15, 0.2) is 0 Å². The standard InChI is InChI=1S/C11H23NO3/c1-3-14-11(15-4-2)8-12-9-6-5-7-10(9)13/h9-13H,3-8H2,1-2H3/t9-,10-/m1/s1. The van der Waals surface area contributed by atoms with Gasteiger partial charge in [-0.1, -0.05) is 0 Å². The molecule has 0 aromatic rings. The third kappa shape index (κ3) is 4.47. The van der Waals surface area contributed by atoms with E-state index >= 15 is 0 Å². The van der Waals surface area contributed by atoms with E-state index in [0.717, 1.165) is 19.3 Å². The lowest BCUT2D eigenvalue weighted by atomic mass is 10.2. The molecule has 0 saturated heterocycles. The van der Waals surface area contributed by atoms with Gasteiger partial charge in [0, 0.05) is 25.8 Å². The van der Waals surface area contributed by atoms with E-state index < -0.39 is 0 Å². The first-order chi connectivity index (χ1) is 7.27. The van der Waals surface area contributed by atoms with E-state index in [1.54, 1.807) is 0 Å². The molecule has 0 aromatic heterocycles. The van der Waals surface area contributed by atoms with Crippen molar-refractivity contribution in [2.75, 3.05) is 19.8 Å². The molecule has 0 radical (unpaired) electrons. The summed E-state index contributed by atoms with van der Waals surface area (Å²) in [5.74, 6) is 0. The molecule has 1 aliphatic carbocycles. The molecule has 4 heteroatoms. The molecule has 4 nitrogen and oxygen atoms in total. The monoisotopic (exact) mass is 217 g/mol. The van der Waals surface area contributed by atoms with Crippen molar-refractivity contribution in [3.8, 4) is 0 Å². The van der Waals surface area contributed by atoms with Gasteiger partial charge in [-0.25, -0.2) is 0 Å². The summed E-state index contributed by atoms with van der Waals surface area (Å²) in [5.41, 5.74) is 0. The predicted octanol–water partition coefficient (Wildman–Crippen LogP) is 0.888. The molecule has 1 aliphatic rings. The zero-order valence-corrected chi connectivity index (χ0v) is 9.74. The van der Waals surface area contributed by atoms with Gasteiger partial charge in [0.25, 0.3) is 0 Å². The van der Waals surface area contributed by atoms with E-state index in [2.05, 4.69) is 5.32 Å². The van der Waals surface area contributed by atoms with Crippen molar-refractivity contribution in [2.45, 2.75) is 51.5 Å². The molecule has 2 atom stereocenters. The molecule has 1 saturated carbocycles. The molecular weight excluding hydrogens is 194 g/mol. The number of nitrogens with one attached hydrogen (secondary N) is 1. The number of hydrogen-bond donors (Lipinski definition) is 2. The normalized spacial score (nSPS) is 26.4. The fourth-order valence-electron chi connectivity index (χ4n) is 1.96. The average molecular weight is 217 g/mol. The minimum atomic E-state index is -0.200. The second-order valence-corrected chi connectivity index (χ2v) is 3.85. The first-order valence-corrected chi connectivity index (χ1v) is 5.92. The van der Waals surface area contributed by atoms with Crippen LogP contribution in [0.3, 0.4) is 0 Å². The van der Waals surface area contributed by atoms with Gasteiger partial charge in [0.1, 0.15) is 0 Å². The molecular formula is C11H23NO3. The quantitative estimate of drug-likeness (QED) is 0.622. The molecule has 0 spiro atoms. The fourth-order valence-corrected chi connectivity index (χ4v) is 1.96. The lowest BCUT2D eigenvalue weighted by Crippen LogP contribution is -2.41. The number of aliphatic hydroxyl groups excluding tert-OH is 1. The Balaban J connectivity index is 2.19. The van der Waals surface area contributed by atoms with Crippen LogP contribution in [0.1, 0.15) is 33.1 Å². The summed E-state index contributed by atoms with van der Waals surface area (Å²) in [6.07, 6.45) is 2.67. The summed E-state index contributed by atoms with van der Waals surface area (Å²) in [6, 6.07) is 0.216. The third-order valence-electron chi connectivity index (χ3n) is 2.73. The Morgan fingerprint density at radius 1 is 1.27 bits per heavy atom. The average Bonchev–Trinajstić information content (AvgIpc) is 2.61. The van der Waals surface area contributed by atoms with Crippen molar-refractivity contribution in [2.24, 2.45) is 0 Å². The van der Waals surface area contributed by atoms with Crippen molar-refractivity contribution in [1.29, 1.82) is 0 Å². The van der Waals surface area contributed by atoms with Gasteiger partial charge in [-0.15, -0.1) is 0 Å². The van der Waals surface area contributed by atoms with Gasteiger partial charge >= 0.3 is 0 Å². The van der Waals surface area contributed by atoms with Crippen molar-refractivity contribution in [3.63, 3.8) is 0 Å². The summed E-state index contributed by atoms with van der Waals surface area (Å²) in [4.78, 5) is 0. The second kappa shape index (κ2) is 7.17. The molecule has 0 bridgehead atoms. The smallest absolute Gasteiger partial charge is 0.169 e. The van der Waals surface area contributed by atoms with E-state index in [1.807, 2.05) is 13.8 Å². The molecule has 90 valence electrons. The molecule has 1 rings (SSSR count). The highest BCUT2D eigenvalue weighted by Gasteiger charge is 2.25. The molecule has 0 aliphatic heterocycles. The SMILES string of the molecule is CCOC(CN[C@@H]1CCC[C@H]1O)OCC.